The maximum Gasteiger partial charge on any atom is 0.405 e. The van der Waals surface area contributed by atoms with Gasteiger partial charge in [0, 0.05) is 35.9 Å². The highest BCUT2D eigenvalue weighted by Crippen LogP contribution is 2.27. The third-order valence-electron chi connectivity index (χ3n) is 6.04. The van der Waals surface area contributed by atoms with Crippen molar-refractivity contribution in [2.75, 3.05) is 11.9 Å². The summed E-state index contributed by atoms with van der Waals surface area (Å²) in [6.45, 7) is -1.03. The number of imidazole rings is 1. The number of benzene rings is 3. The number of carbonyl (C=O) groups is 2. The Hall–Kier alpha value is -5.19. The number of carbonyl (C=O) groups excluding carboxylic acids is 2. The minimum atomic E-state index is -4.49. The van der Waals surface area contributed by atoms with E-state index in [0.717, 1.165) is 27.7 Å². The van der Waals surface area contributed by atoms with Crippen LogP contribution >= 0.6 is 0 Å². The number of halogens is 3. The van der Waals surface area contributed by atoms with Gasteiger partial charge >= 0.3 is 12.2 Å². The van der Waals surface area contributed by atoms with Gasteiger partial charge in [-0.2, -0.15) is 13.2 Å². The third-order valence-corrected chi connectivity index (χ3v) is 6.04. The molecule has 8 nitrogen and oxygen atoms in total. The summed E-state index contributed by atoms with van der Waals surface area (Å²) in [5.41, 5.74) is 5.80. The molecule has 0 atom stereocenters. The zero-order chi connectivity index (χ0) is 28.1. The van der Waals surface area contributed by atoms with Gasteiger partial charge in [-0.05, 0) is 65.2 Å². The summed E-state index contributed by atoms with van der Waals surface area (Å²) in [7, 11) is 0. The first-order chi connectivity index (χ1) is 19.2. The number of hydrogen-bond donors (Lipinski definition) is 3. The van der Waals surface area contributed by atoms with E-state index in [2.05, 4.69) is 20.6 Å². The van der Waals surface area contributed by atoms with Gasteiger partial charge < -0.3 is 16.0 Å². The lowest BCUT2D eigenvalue weighted by Crippen LogP contribution is -2.36. The van der Waals surface area contributed by atoms with Crippen LogP contribution in [-0.4, -0.2) is 39.2 Å². The number of nitrogens with zero attached hydrogens (tertiary/aromatic N) is 3. The number of aromatic nitrogens is 3. The Morgan fingerprint density at radius 3 is 2.42 bits per heavy atom. The van der Waals surface area contributed by atoms with Crippen molar-refractivity contribution in [2.45, 2.75) is 12.7 Å². The number of rotatable bonds is 7. The molecule has 0 aliphatic rings. The molecule has 0 bridgehead atoms. The molecule has 40 heavy (non-hydrogen) atoms. The van der Waals surface area contributed by atoms with Crippen molar-refractivity contribution >= 4 is 28.7 Å². The summed E-state index contributed by atoms with van der Waals surface area (Å²) in [4.78, 5) is 32.9. The van der Waals surface area contributed by atoms with Crippen molar-refractivity contribution in [1.82, 2.24) is 25.2 Å². The zero-order valence-corrected chi connectivity index (χ0v) is 20.9. The maximum absolute atomic E-state index is 12.5. The Labute approximate surface area is 226 Å². The van der Waals surface area contributed by atoms with Gasteiger partial charge in [-0.25, -0.2) is 9.78 Å². The fourth-order valence-corrected chi connectivity index (χ4v) is 4.09. The Morgan fingerprint density at radius 2 is 1.68 bits per heavy atom. The van der Waals surface area contributed by atoms with Crippen LogP contribution in [0.3, 0.4) is 0 Å². The molecule has 5 rings (SSSR count). The molecule has 0 radical (unpaired) electrons. The van der Waals surface area contributed by atoms with Crippen LogP contribution in [0, 0.1) is 0 Å². The van der Waals surface area contributed by atoms with E-state index in [-0.39, 0.29) is 5.91 Å². The first-order valence-corrected chi connectivity index (χ1v) is 12.2. The molecular formula is C29H23F3N6O2. The standard InChI is InChI=1S/C29H23F3N6O2/c30-29(31,32)17-35-28(40)37-23-4-1-5-24(14-23)38-18-36-25-13-22(10-11-26(25)38)20-6-8-21(9-7-20)27(39)34-16-19-3-2-12-33-15-19/h1-15,18H,16-17H2,(H,34,39)(H2,35,37,40). The van der Waals surface area contributed by atoms with Gasteiger partial charge in [0.25, 0.3) is 5.91 Å². The number of alkyl halides is 3. The lowest BCUT2D eigenvalue weighted by molar-refractivity contribution is -0.122. The molecule has 3 amide bonds. The average molecular weight is 545 g/mol. The molecule has 0 fully saturated rings. The van der Waals surface area contributed by atoms with Crippen LogP contribution in [0.25, 0.3) is 27.8 Å². The first-order valence-electron chi connectivity index (χ1n) is 12.2. The van der Waals surface area contributed by atoms with E-state index in [0.29, 0.717) is 23.5 Å². The smallest absolute Gasteiger partial charge is 0.348 e. The topological polar surface area (TPSA) is 101 Å². The van der Waals surface area contributed by atoms with Crippen LogP contribution in [0.2, 0.25) is 0 Å². The molecule has 0 saturated heterocycles. The monoisotopic (exact) mass is 544 g/mol. The fourth-order valence-electron chi connectivity index (χ4n) is 4.09. The number of fused-ring (bicyclic) bond motifs is 1. The molecule has 0 saturated carbocycles. The minimum absolute atomic E-state index is 0.181. The number of nitrogens with one attached hydrogen (secondary N) is 3. The van der Waals surface area contributed by atoms with E-state index in [1.807, 2.05) is 47.0 Å². The molecule has 3 aromatic carbocycles. The predicted molar refractivity (Wildman–Crippen MR) is 145 cm³/mol. The summed E-state index contributed by atoms with van der Waals surface area (Å²) >= 11 is 0. The van der Waals surface area contributed by atoms with Gasteiger partial charge in [0.05, 0.1) is 11.0 Å². The molecule has 2 heterocycles. The molecule has 0 spiro atoms. The van der Waals surface area contributed by atoms with Crippen molar-refractivity contribution in [1.29, 1.82) is 0 Å². The molecule has 11 heteroatoms. The second-order valence-electron chi connectivity index (χ2n) is 8.91. The molecule has 0 aliphatic heterocycles. The summed E-state index contributed by atoms with van der Waals surface area (Å²) in [5.74, 6) is -0.181. The second-order valence-corrected chi connectivity index (χ2v) is 8.91. The normalized spacial score (nSPS) is 11.3. The minimum Gasteiger partial charge on any atom is -0.348 e. The summed E-state index contributed by atoms with van der Waals surface area (Å²) in [6, 6.07) is 22.5. The maximum atomic E-state index is 12.5. The van der Waals surface area contributed by atoms with E-state index < -0.39 is 18.8 Å². The SMILES string of the molecule is O=C(NCC(F)(F)F)Nc1cccc(-n2cnc3cc(-c4ccc(C(=O)NCc5cccnc5)cc4)ccc32)c1. The van der Waals surface area contributed by atoms with Gasteiger partial charge in [-0.1, -0.05) is 30.3 Å². The lowest BCUT2D eigenvalue weighted by Gasteiger charge is -2.11. The quantitative estimate of drug-likeness (QED) is 0.245. The fraction of sp³-hybridized carbons (Fsp3) is 0.103. The summed E-state index contributed by atoms with van der Waals surface area (Å²) < 4.78 is 38.9. The van der Waals surface area contributed by atoms with Crippen molar-refractivity contribution in [3.05, 3.63) is 109 Å². The largest absolute Gasteiger partial charge is 0.405 e. The molecular weight excluding hydrogens is 521 g/mol. The van der Waals surface area contributed by atoms with Crippen LogP contribution in [0.5, 0.6) is 0 Å². The van der Waals surface area contributed by atoms with Crippen molar-refractivity contribution < 1.29 is 22.8 Å². The highest BCUT2D eigenvalue weighted by Gasteiger charge is 2.27. The van der Waals surface area contributed by atoms with E-state index >= 15 is 0 Å². The molecule has 0 aliphatic carbocycles. The Kier molecular flexibility index (Phi) is 7.45. The van der Waals surface area contributed by atoms with Crippen LogP contribution in [-0.2, 0) is 6.54 Å². The number of urea groups is 1. The highest BCUT2D eigenvalue weighted by molar-refractivity contribution is 5.95. The second kappa shape index (κ2) is 11.3. The van der Waals surface area contributed by atoms with Crippen molar-refractivity contribution in [2.24, 2.45) is 0 Å². The molecule has 0 unspecified atom stereocenters. The number of anilines is 1. The van der Waals surface area contributed by atoms with Gasteiger partial charge in [-0.3, -0.25) is 14.3 Å². The van der Waals surface area contributed by atoms with Crippen LogP contribution in [0.4, 0.5) is 23.7 Å². The van der Waals surface area contributed by atoms with Gasteiger partial charge in [-0.15, -0.1) is 0 Å². The molecule has 3 N–H and O–H groups in total. The number of amides is 3. The number of hydrogen-bond acceptors (Lipinski definition) is 4. The van der Waals surface area contributed by atoms with Gasteiger partial charge in [0.1, 0.15) is 12.9 Å². The van der Waals surface area contributed by atoms with Crippen molar-refractivity contribution in [3.63, 3.8) is 0 Å². The predicted octanol–water partition coefficient (Wildman–Crippen LogP) is 5.70. The summed E-state index contributed by atoms with van der Waals surface area (Å²) in [5, 5.41) is 7.07. The first kappa shape index (κ1) is 26.4. The highest BCUT2D eigenvalue weighted by atomic mass is 19.4. The Bertz CT molecular complexity index is 1650. The van der Waals surface area contributed by atoms with Gasteiger partial charge in [0.15, 0.2) is 0 Å². The Balaban J connectivity index is 1.28. The molecule has 2 aromatic heterocycles. The van der Waals surface area contributed by atoms with Crippen LogP contribution in [0.15, 0.2) is 97.6 Å². The average Bonchev–Trinajstić information content (AvgIpc) is 3.39. The summed E-state index contributed by atoms with van der Waals surface area (Å²) in [6.07, 6.45) is 0.519. The van der Waals surface area contributed by atoms with E-state index in [1.54, 1.807) is 60.4 Å². The Morgan fingerprint density at radius 1 is 0.875 bits per heavy atom. The van der Waals surface area contributed by atoms with E-state index in [9.17, 15) is 22.8 Å². The van der Waals surface area contributed by atoms with E-state index in [1.165, 1.54) is 0 Å². The lowest BCUT2D eigenvalue weighted by atomic mass is 10.0. The zero-order valence-electron chi connectivity index (χ0n) is 20.9. The van der Waals surface area contributed by atoms with Gasteiger partial charge in [0.2, 0.25) is 0 Å². The molecule has 5 aromatic rings. The third kappa shape index (κ3) is 6.44. The van der Waals surface area contributed by atoms with Crippen LogP contribution in [0.1, 0.15) is 15.9 Å². The van der Waals surface area contributed by atoms with E-state index in [4.69, 9.17) is 0 Å². The van der Waals surface area contributed by atoms with Crippen molar-refractivity contribution in [3.8, 4) is 16.8 Å². The number of pyridine rings is 1. The molecule has 202 valence electrons. The van der Waals surface area contributed by atoms with Crippen LogP contribution < -0.4 is 16.0 Å².